The third-order valence-corrected chi connectivity index (χ3v) is 3.26. The van der Waals surface area contributed by atoms with Crippen molar-refractivity contribution in [2.45, 2.75) is 12.5 Å². The summed E-state index contributed by atoms with van der Waals surface area (Å²) in [6, 6.07) is 6.94. The van der Waals surface area contributed by atoms with Gasteiger partial charge in [0.25, 0.3) is 0 Å². The number of rotatable bonds is 3. The maximum atomic E-state index is 12.4. The average molecular weight is 240 g/mol. The summed E-state index contributed by atoms with van der Waals surface area (Å²) in [4.78, 5) is 24.8. The summed E-state index contributed by atoms with van der Waals surface area (Å²) in [5.74, 6) is -0.153. The summed E-state index contributed by atoms with van der Waals surface area (Å²) < 4.78 is 5.19. The number of fused-ring (bicyclic) bond motifs is 1. The Balaban J connectivity index is 2.19. The smallest absolute Gasteiger partial charge is 0.192 e. The Hall–Kier alpha value is -2.00. The molecular formula is C15H12O3. The molecule has 0 bridgehead atoms. The highest BCUT2D eigenvalue weighted by Crippen LogP contribution is 2.34. The molecule has 0 unspecified atom stereocenters. The summed E-state index contributed by atoms with van der Waals surface area (Å²) in [5, 5.41) is 0. The molecule has 0 aromatic heterocycles. The van der Waals surface area contributed by atoms with E-state index in [0.717, 1.165) is 0 Å². The Morgan fingerprint density at radius 3 is 2.39 bits per heavy atom. The second kappa shape index (κ2) is 4.03. The van der Waals surface area contributed by atoms with Crippen molar-refractivity contribution in [2.24, 2.45) is 0 Å². The number of ether oxygens (including phenoxy) is 1. The number of carbonyl (C=O) groups excluding carboxylic acids is 2. The van der Waals surface area contributed by atoms with E-state index in [0.29, 0.717) is 35.3 Å². The first-order valence-corrected chi connectivity index (χ1v) is 5.88. The highest BCUT2D eigenvalue weighted by Gasteiger charge is 2.40. The van der Waals surface area contributed by atoms with E-state index in [9.17, 15) is 9.59 Å². The van der Waals surface area contributed by atoms with Crippen LogP contribution in [0.4, 0.5) is 0 Å². The minimum atomic E-state index is -0.204. The van der Waals surface area contributed by atoms with Gasteiger partial charge in [-0.15, -0.1) is 6.58 Å². The maximum Gasteiger partial charge on any atom is 0.192 e. The van der Waals surface area contributed by atoms with E-state index in [-0.39, 0.29) is 17.7 Å². The third kappa shape index (κ3) is 1.56. The lowest BCUT2D eigenvalue weighted by molar-refractivity contribution is 0.0967. The number of hydrogen-bond donors (Lipinski definition) is 0. The van der Waals surface area contributed by atoms with Gasteiger partial charge in [0.15, 0.2) is 11.6 Å². The average Bonchev–Trinajstić information content (AvgIpc) is 3.20. The summed E-state index contributed by atoms with van der Waals surface area (Å²) in [6.45, 7) is 4.17. The maximum absolute atomic E-state index is 12.4. The van der Waals surface area contributed by atoms with Gasteiger partial charge in [0.05, 0.1) is 6.61 Å². The van der Waals surface area contributed by atoms with Crippen molar-refractivity contribution >= 4 is 11.6 Å². The third-order valence-electron chi connectivity index (χ3n) is 3.26. The molecule has 90 valence electrons. The van der Waals surface area contributed by atoms with Crippen molar-refractivity contribution in [1.82, 2.24) is 0 Å². The summed E-state index contributed by atoms with van der Waals surface area (Å²) in [7, 11) is 0. The van der Waals surface area contributed by atoms with Crippen molar-refractivity contribution in [2.75, 3.05) is 6.61 Å². The zero-order chi connectivity index (χ0) is 12.7. The fraction of sp³-hybridized carbons (Fsp3) is 0.200. The molecule has 3 heteroatoms. The van der Waals surface area contributed by atoms with Gasteiger partial charge in [0.2, 0.25) is 0 Å². The molecule has 3 nitrogen and oxygen atoms in total. The molecule has 0 radical (unpaired) electrons. The van der Waals surface area contributed by atoms with E-state index in [2.05, 4.69) is 6.58 Å². The summed E-state index contributed by atoms with van der Waals surface area (Å²) in [6.07, 6.45) is 1.86. The topological polar surface area (TPSA) is 46.7 Å². The number of carbonyl (C=O) groups is 2. The van der Waals surface area contributed by atoms with E-state index in [1.807, 2.05) is 0 Å². The van der Waals surface area contributed by atoms with E-state index >= 15 is 0 Å². The quantitative estimate of drug-likeness (QED) is 0.601. The van der Waals surface area contributed by atoms with Gasteiger partial charge in [-0.05, 0) is 6.42 Å². The standard InChI is InChI=1S/C15H12O3/c1-2-5-11-13(12-8-18-12)15(17)10-7-4-3-6-9(10)14(11)16/h2-4,6-7,12H,1,5,8H2/t12-/m1/s1. The molecule has 1 heterocycles. The first kappa shape index (κ1) is 11.1. The molecule has 18 heavy (non-hydrogen) atoms. The van der Waals surface area contributed by atoms with Crippen molar-refractivity contribution in [3.05, 3.63) is 59.2 Å². The van der Waals surface area contributed by atoms with Crippen LogP contribution >= 0.6 is 0 Å². The van der Waals surface area contributed by atoms with E-state index in [1.54, 1.807) is 30.3 Å². The fourth-order valence-electron chi connectivity index (χ4n) is 2.35. The lowest BCUT2D eigenvalue weighted by Crippen LogP contribution is -2.24. The van der Waals surface area contributed by atoms with Gasteiger partial charge in [0.1, 0.15) is 6.10 Å². The molecule has 0 N–H and O–H groups in total. The monoisotopic (exact) mass is 240 g/mol. The molecule has 3 rings (SSSR count). The molecule has 1 aromatic carbocycles. The minimum Gasteiger partial charge on any atom is -0.368 e. The Morgan fingerprint density at radius 2 is 1.83 bits per heavy atom. The van der Waals surface area contributed by atoms with Gasteiger partial charge < -0.3 is 4.74 Å². The number of allylic oxidation sites excluding steroid dienone is 2. The molecule has 1 aliphatic heterocycles. The van der Waals surface area contributed by atoms with Gasteiger partial charge in [-0.1, -0.05) is 30.3 Å². The molecule has 1 aliphatic carbocycles. The Bertz CT molecular complexity index is 592. The van der Waals surface area contributed by atoms with Gasteiger partial charge >= 0.3 is 0 Å². The first-order valence-electron chi connectivity index (χ1n) is 5.88. The van der Waals surface area contributed by atoms with Crippen LogP contribution in [0.15, 0.2) is 48.1 Å². The molecular weight excluding hydrogens is 228 g/mol. The normalized spacial score (nSPS) is 21.9. The number of benzene rings is 1. The van der Waals surface area contributed by atoms with E-state index in [1.165, 1.54) is 0 Å². The summed E-state index contributed by atoms with van der Waals surface area (Å²) in [5.41, 5.74) is 2.04. The Morgan fingerprint density at radius 1 is 1.22 bits per heavy atom. The second-order valence-electron chi connectivity index (χ2n) is 4.41. The van der Waals surface area contributed by atoms with Crippen molar-refractivity contribution in [3.8, 4) is 0 Å². The minimum absolute atomic E-state index is 0.0735. The second-order valence-corrected chi connectivity index (χ2v) is 4.41. The van der Waals surface area contributed by atoms with Crippen LogP contribution < -0.4 is 0 Å². The van der Waals surface area contributed by atoms with E-state index < -0.39 is 0 Å². The van der Waals surface area contributed by atoms with Crippen LogP contribution in [-0.2, 0) is 4.74 Å². The molecule has 1 atom stereocenters. The zero-order valence-corrected chi connectivity index (χ0v) is 9.81. The fourth-order valence-corrected chi connectivity index (χ4v) is 2.35. The highest BCUT2D eigenvalue weighted by atomic mass is 16.6. The largest absolute Gasteiger partial charge is 0.368 e. The molecule has 2 aliphatic rings. The molecule has 1 saturated heterocycles. The van der Waals surface area contributed by atoms with Crippen LogP contribution in [-0.4, -0.2) is 24.3 Å². The Labute approximate surface area is 105 Å². The number of epoxide rings is 1. The van der Waals surface area contributed by atoms with Crippen LogP contribution in [0.1, 0.15) is 27.1 Å². The van der Waals surface area contributed by atoms with Crippen LogP contribution in [0.3, 0.4) is 0 Å². The first-order chi connectivity index (χ1) is 8.74. The number of hydrogen-bond acceptors (Lipinski definition) is 3. The van der Waals surface area contributed by atoms with Gasteiger partial charge in [-0.25, -0.2) is 0 Å². The summed E-state index contributed by atoms with van der Waals surface area (Å²) >= 11 is 0. The highest BCUT2D eigenvalue weighted by molar-refractivity contribution is 6.27. The van der Waals surface area contributed by atoms with Gasteiger partial charge in [-0.2, -0.15) is 0 Å². The van der Waals surface area contributed by atoms with Crippen molar-refractivity contribution in [1.29, 1.82) is 0 Å². The number of Topliss-reactive ketones (excluding diaryl/α,β-unsaturated/α-hetero) is 2. The number of ketones is 2. The lowest BCUT2D eigenvalue weighted by atomic mass is 9.81. The lowest BCUT2D eigenvalue weighted by Gasteiger charge is -2.19. The van der Waals surface area contributed by atoms with Gasteiger partial charge in [-0.3, -0.25) is 9.59 Å². The van der Waals surface area contributed by atoms with E-state index in [4.69, 9.17) is 4.74 Å². The Kier molecular flexibility index (Phi) is 2.49. The molecule has 0 amide bonds. The van der Waals surface area contributed by atoms with Crippen molar-refractivity contribution < 1.29 is 14.3 Å². The van der Waals surface area contributed by atoms with Crippen LogP contribution in [0.2, 0.25) is 0 Å². The van der Waals surface area contributed by atoms with Crippen LogP contribution in [0, 0.1) is 0 Å². The predicted molar refractivity (Wildman–Crippen MR) is 66.7 cm³/mol. The van der Waals surface area contributed by atoms with Crippen LogP contribution in [0.25, 0.3) is 0 Å². The zero-order valence-electron chi connectivity index (χ0n) is 9.81. The molecule has 1 aromatic rings. The van der Waals surface area contributed by atoms with Gasteiger partial charge in [0, 0.05) is 22.3 Å². The van der Waals surface area contributed by atoms with Crippen LogP contribution in [0.5, 0.6) is 0 Å². The predicted octanol–water partition coefficient (Wildman–Crippen LogP) is 2.34. The molecule has 0 spiro atoms. The van der Waals surface area contributed by atoms with Crippen molar-refractivity contribution in [3.63, 3.8) is 0 Å². The molecule has 1 fully saturated rings. The SMILES string of the molecule is C=CCC1=C([C@H]2CO2)C(=O)c2ccccc2C1=O. The molecule has 0 saturated carbocycles.